The number of nitrogens with one attached hydrogen (secondary N) is 2. The van der Waals surface area contributed by atoms with Crippen LogP contribution in [-0.2, 0) is 11.4 Å². The summed E-state index contributed by atoms with van der Waals surface area (Å²) in [6.45, 7) is 5.09. The molecule has 4 rings (SSSR count). The number of hydrogen-bond donors (Lipinski definition) is 2. The average Bonchev–Trinajstić information content (AvgIpc) is 3.17. The van der Waals surface area contributed by atoms with Crippen molar-refractivity contribution in [3.05, 3.63) is 54.1 Å². The predicted octanol–water partition coefficient (Wildman–Crippen LogP) is 4.01. The van der Waals surface area contributed by atoms with E-state index in [1.54, 1.807) is 4.80 Å². The lowest BCUT2D eigenvalue weighted by Gasteiger charge is -2.21. The van der Waals surface area contributed by atoms with Gasteiger partial charge in [0.1, 0.15) is 0 Å². The minimum atomic E-state index is -0.0211. The van der Waals surface area contributed by atoms with Crippen LogP contribution < -0.4 is 10.6 Å². The number of nitrogens with zero attached hydrogens (tertiary/aromatic N) is 4. The lowest BCUT2D eigenvalue weighted by molar-refractivity contribution is 0.307. The van der Waals surface area contributed by atoms with Crippen molar-refractivity contribution in [2.45, 2.75) is 31.2 Å². The van der Waals surface area contributed by atoms with Gasteiger partial charge in [-0.05, 0) is 73.8 Å². The van der Waals surface area contributed by atoms with E-state index in [4.69, 9.17) is 0 Å². The van der Waals surface area contributed by atoms with Crippen molar-refractivity contribution >= 4 is 29.9 Å². The largest absolute Gasteiger partial charge is 0.355 e. The van der Waals surface area contributed by atoms with Crippen LogP contribution in [0, 0.1) is 5.92 Å². The number of para-hydroxylation sites is 1. The van der Waals surface area contributed by atoms with E-state index < -0.39 is 0 Å². The highest BCUT2D eigenvalue weighted by Crippen LogP contribution is 2.38. The first kappa shape index (κ1) is 20.4. The molecule has 152 valence electrons. The normalized spacial score (nSPS) is 17.3. The summed E-state index contributed by atoms with van der Waals surface area (Å²) in [6.07, 6.45) is 2.42. The number of aromatic nitrogens is 4. The molecule has 1 aliphatic heterocycles. The van der Waals surface area contributed by atoms with Crippen molar-refractivity contribution in [3.63, 3.8) is 0 Å². The maximum atomic E-state index is 4.64. The van der Waals surface area contributed by atoms with Gasteiger partial charge in [-0.25, -0.2) is 0 Å². The lowest BCUT2D eigenvalue weighted by Crippen LogP contribution is -2.32. The SMILES string of the molecule is CC(P)(P)c1ccc(Nc2ccccc2-c2nnn(CC3CCCNC3)n2)cc1. The zero-order valence-corrected chi connectivity index (χ0v) is 19.0. The number of hydrogen-bond acceptors (Lipinski definition) is 5. The van der Waals surface area contributed by atoms with Crippen molar-refractivity contribution in [3.8, 4) is 11.4 Å². The van der Waals surface area contributed by atoms with Crippen LogP contribution in [0.4, 0.5) is 11.4 Å². The Labute approximate surface area is 176 Å². The molecule has 2 heterocycles. The van der Waals surface area contributed by atoms with Gasteiger partial charge in [0.15, 0.2) is 0 Å². The molecule has 0 bridgehead atoms. The number of rotatable bonds is 6. The standard InChI is InChI=1S/C21H28N6P2/c1-21(28,29)16-8-10-17(11-9-16)23-19-7-3-2-6-18(19)20-24-26-27(25-20)14-15-5-4-12-22-13-15/h2-3,6-11,15,22-23H,4-5,12-14,28-29H2,1H3. The number of benzene rings is 2. The van der Waals surface area contributed by atoms with E-state index in [2.05, 4.69) is 75.7 Å². The summed E-state index contributed by atoms with van der Waals surface area (Å²) >= 11 is 0. The highest BCUT2D eigenvalue weighted by molar-refractivity contribution is 7.38. The Morgan fingerprint density at radius 1 is 1.17 bits per heavy atom. The van der Waals surface area contributed by atoms with Crippen molar-refractivity contribution in [2.24, 2.45) is 5.92 Å². The summed E-state index contributed by atoms with van der Waals surface area (Å²) in [4.78, 5) is 1.71. The summed E-state index contributed by atoms with van der Waals surface area (Å²) in [7, 11) is 5.69. The van der Waals surface area contributed by atoms with Crippen molar-refractivity contribution < 1.29 is 0 Å². The van der Waals surface area contributed by atoms with Crippen LogP contribution in [0.25, 0.3) is 11.4 Å². The molecule has 2 N–H and O–H groups in total. The monoisotopic (exact) mass is 426 g/mol. The Morgan fingerprint density at radius 3 is 2.69 bits per heavy atom. The van der Waals surface area contributed by atoms with Gasteiger partial charge < -0.3 is 10.6 Å². The third kappa shape index (κ3) is 5.19. The predicted molar refractivity (Wildman–Crippen MR) is 125 cm³/mol. The molecule has 1 aliphatic rings. The van der Waals surface area contributed by atoms with E-state index in [0.29, 0.717) is 11.7 Å². The minimum absolute atomic E-state index is 0.0211. The van der Waals surface area contributed by atoms with Gasteiger partial charge in [-0.15, -0.1) is 28.7 Å². The van der Waals surface area contributed by atoms with Gasteiger partial charge in [0.2, 0.25) is 5.82 Å². The van der Waals surface area contributed by atoms with E-state index in [1.165, 1.54) is 18.4 Å². The van der Waals surface area contributed by atoms with Gasteiger partial charge in [-0.1, -0.05) is 24.3 Å². The van der Waals surface area contributed by atoms with Crippen LogP contribution in [0.15, 0.2) is 48.5 Å². The molecule has 1 fully saturated rings. The Kier molecular flexibility index (Phi) is 6.24. The summed E-state index contributed by atoms with van der Waals surface area (Å²) < 4.78 is 0. The highest BCUT2D eigenvalue weighted by Gasteiger charge is 2.17. The lowest BCUT2D eigenvalue weighted by atomic mass is 10.0. The molecule has 0 saturated carbocycles. The van der Waals surface area contributed by atoms with E-state index in [0.717, 1.165) is 36.6 Å². The molecule has 3 atom stereocenters. The first-order valence-corrected chi connectivity index (χ1v) is 11.2. The molecule has 29 heavy (non-hydrogen) atoms. The maximum absolute atomic E-state index is 4.64. The molecular formula is C21H28N6P2. The molecule has 8 heteroatoms. The molecule has 1 saturated heterocycles. The zero-order chi connectivity index (χ0) is 20.3. The van der Waals surface area contributed by atoms with Gasteiger partial charge in [-0.2, -0.15) is 4.80 Å². The summed E-state index contributed by atoms with van der Waals surface area (Å²) in [5, 5.41) is 20.2. The second kappa shape index (κ2) is 8.87. The molecule has 2 aromatic carbocycles. The van der Waals surface area contributed by atoms with Crippen molar-refractivity contribution in [1.82, 2.24) is 25.5 Å². The second-order valence-corrected chi connectivity index (χ2v) is 11.0. The molecule has 0 aliphatic carbocycles. The first-order valence-electron chi connectivity index (χ1n) is 10.0. The van der Waals surface area contributed by atoms with Crippen molar-refractivity contribution in [2.75, 3.05) is 18.4 Å². The Balaban J connectivity index is 1.51. The first-order chi connectivity index (χ1) is 14.0. The summed E-state index contributed by atoms with van der Waals surface area (Å²) in [6, 6.07) is 16.6. The van der Waals surface area contributed by atoms with E-state index in [-0.39, 0.29) is 4.90 Å². The third-order valence-corrected chi connectivity index (χ3v) is 5.89. The number of piperidine rings is 1. The molecule has 1 aromatic heterocycles. The smallest absolute Gasteiger partial charge is 0.207 e. The van der Waals surface area contributed by atoms with E-state index >= 15 is 0 Å². The molecule has 0 amide bonds. The fourth-order valence-electron chi connectivity index (χ4n) is 3.59. The minimum Gasteiger partial charge on any atom is -0.355 e. The zero-order valence-electron chi connectivity index (χ0n) is 16.7. The molecule has 3 aromatic rings. The van der Waals surface area contributed by atoms with Gasteiger partial charge in [0.25, 0.3) is 0 Å². The second-order valence-electron chi connectivity index (χ2n) is 7.91. The molecule has 6 nitrogen and oxygen atoms in total. The molecule has 3 unspecified atom stereocenters. The van der Waals surface area contributed by atoms with Crippen LogP contribution in [-0.4, -0.2) is 33.3 Å². The fraction of sp³-hybridized carbons (Fsp3) is 0.381. The maximum Gasteiger partial charge on any atom is 0.207 e. The van der Waals surface area contributed by atoms with Crippen LogP contribution in [0.3, 0.4) is 0 Å². The van der Waals surface area contributed by atoms with Gasteiger partial charge in [0, 0.05) is 21.8 Å². The topological polar surface area (TPSA) is 67.7 Å². The van der Waals surface area contributed by atoms with Crippen LogP contribution in [0.2, 0.25) is 0 Å². The molecule has 0 radical (unpaired) electrons. The van der Waals surface area contributed by atoms with Gasteiger partial charge in [-0.3, -0.25) is 0 Å². The van der Waals surface area contributed by atoms with Gasteiger partial charge >= 0.3 is 0 Å². The van der Waals surface area contributed by atoms with Crippen LogP contribution in [0.1, 0.15) is 25.3 Å². The Hall–Kier alpha value is -1.87. The van der Waals surface area contributed by atoms with Crippen LogP contribution >= 0.6 is 18.5 Å². The Bertz CT molecular complexity index is 942. The molecule has 0 spiro atoms. The fourth-order valence-corrected chi connectivity index (χ4v) is 3.98. The summed E-state index contributed by atoms with van der Waals surface area (Å²) in [5.41, 5.74) is 4.19. The average molecular weight is 426 g/mol. The Morgan fingerprint density at radius 2 is 1.97 bits per heavy atom. The quantitative estimate of drug-likeness (QED) is 0.583. The summed E-state index contributed by atoms with van der Waals surface area (Å²) in [5.74, 6) is 1.22. The highest BCUT2D eigenvalue weighted by atomic mass is 31.1. The molecular weight excluding hydrogens is 398 g/mol. The van der Waals surface area contributed by atoms with Crippen LogP contribution in [0.5, 0.6) is 0 Å². The van der Waals surface area contributed by atoms with E-state index in [9.17, 15) is 0 Å². The van der Waals surface area contributed by atoms with E-state index in [1.807, 2.05) is 24.3 Å². The van der Waals surface area contributed by atoms with Gasteiger partial charge in [0.05, 0.1) is 6.54 Å². The third-order valence-electron chi connectivity index (χ3n) is 5.23. The number of anilines is 2. The van der Waals surface area contributed by atoms with Crippen molar-refractivity contribution in [1.29, 1.82) is 0 Å². The number of tetrazole rings is 1.